The third kappa shape index (κ3) is 3.81. The van der Waals surface area contributed by atoms with Crippen LogP contribution in [0.2, 0.25) is 0 Å². The van der Waals surface area contributed by atoms with E-state index in [0.717, 1.165) is 31.6 Å². The highest BCUT2D eigenvalue weighted by molar-refractivity contribution is 5.26. The van der Waals surface area contributed by atoms with E-state index in [1.807, 2.05) is 12.1 Å². The lowest BCUT2D eigenvalue weighted by molar-refractivity contribution is 0.141. The van der Waals surface area contributed by atoms with Gasteiger partial charge in [-0.2, -0.15) is 0 Å². The van der Waals surface area contributed by atoms with E-state index in [-0.39, 0.29) is 12.0 Å². The zero-order valence-electron chi connectivity index (χ0n) is 12.5. The maximum Gasteiger partial charge on any atom is 0.115 e. The summed E-state index contributed by atoms with van der Waals surface area (Å²) in [5.74, 6) is 0.515. The number of aliphatic hydroxyl groups is 1. The number of benzene rings is 1. The van der Waals surface area contributed by atoms with Crippen LogP contribution in [0.25, 0.3) is 0 Å². The lowest BCUT2D eigenvalue weighted by Crippen LogP contribution is -2.24. The normalized spacial score (nSPS) is 22.0. The molecule has 2 aromatic rings. The van der Waals surface area contributed by atoms with Gasteiger partial charge in [0.25, 0.3) is 0 Å². The minimum Gasteiger partial charge on any atom is -0.508 e. The summed E-state index contributed by atoms with van der Waals surface area (Å²) in [6.07, 6.45) is 6.51. The van der Waals surface area contributed by atoms with Gasteiger partial charge in [0, 0.05) is 44.1 Å². The molecule has 1 aromatic heterocycles. The van der Waals surface area contributed by atoms with Crippen LogP contribution in [0, 0.1) is 5.92 Å². The van der Waals surface area contributed by atoms with Crippen molar-refractivity contribution < 1.29 is 10.2 Å². The first-order valence-corrected chi connectivity index (χ1v) is 7.64. The molecule has 1 fully saturated rings. The van der Waals surface area contributed by atoms with Crippen LogP contribution >= 0.6 is 0 Å². The Morgan fingerprint density at radius 2 is 1.95 bits per heavy atom. The van der Waals surface area contributed by atoms with Gasteiger partial charge in [-0.1, -0.05) is 12.1 Å². The van der Waals surface area contributed by atoms with Gasteiger partial charge in [0.05, 0.1) is 11.8 Å². The van der Waals surface area contributed by atoms with Crippen molar-refractivity contribution in [1.29, 1.82) is 0 Å². The minimum atomic E-state index is -0.304. The van der Waals surface area contributed by atoms with Crippen molar-refractivity contribution in [2.45, 2.75) is 18.9 Å². The predicted molar refractivity (Wildman–Crippen MR) is 83.5 cm³/mol. The highest BCUT2D eigenvalue weighted by Crippen LogP contribution is 2.21. The van der Waals surface area contributed by atoms with E-state index in [9.17, 15) is 10.2 Å². The molecule has 5 nitrogen and oxygen atoms in total. The number of nitrogens with zero attached hydrogens (tertiary/aromatic N) is 3. The smallest absolute Gasteiger partial charge is 0.115 e. The largest absolute Gasteiger partial charge is 0.508 e. The van der Waals surface area contributed by atoms with E-state index >= 15 is 0 Å². The second kappa shape index (κ2) is 6.85. The SMILES string of the molecule is Oc1ccc(CCN2C[C@@H](Cc3cnccn3)[C@H](O)C2)cc1. The van der Waals surface area contributed by atoms with Crippen LogP contribution < -0.4 is 0 Å². The monoisotopic (exact) mass is 299 g/mol. The molecule has 0 radical (unpaired) electrons. The molecule has 2 N–H and O–H groups in total. The van der Waals surface area contributed by atoms with Crippen molar-refractivity contribution in [2.24, 2.45) is 5.92 Å². The van der Waals surface area contributed by atoms with Gasteiger partial charge in [-0.05, 0) is 30.5 Å². The lowest BCUT2D eigenvalue weighted by atomic mass is 10.0. The molecule has 2 atom stereocenters. The van der Waals surface area contributed by atoms with Crippen LogP contribution in [-0.2, 0) is 12.8 Å². The summed E-state index contributed by atoms with van der Waals surface area (Å²) in [4.78, 5) is 10.7. The zero-order chi connectivity index (χ0) is 15.4. The highest BCUT2D eigenvalue weighted by Gasteiger charge is 2.31. The number of hydrogen-bond donors (Lipinski definition) is 2. The fourth-order valence-electron chi connectivity index (χ4n) is 2.98. The minimum absolute atomic E-state index is 0.219. The number of aliphatic hydroxyl groups excluding tert-OH is 1. The number of phenols is 1. The number of hydrogen-bond acceptors (Lipinski definition) is 5. The summed E-state index contributed by atoms with van der Waals surface area (Å²) in [6, 6.07) is 7.31. The quantitative estimate of drug-likeness (QED) is 0.870. The molecule has 0 spiro atoms. The average molecular weight is 299 g/mol. The summed E-state index contributed by atoms with van der Waals surface area (Å²) >= 11 is 0. The van der Waals surface area contributed by atoms with Crippen molar-refractivity contribution in [2.75, 3.05) is 19.6 Å². The topological polar surface area (TPSA) is 69.5 Å². The Morgan fingerprint density at radius 3 is 2.68 bits per heavy atom. The summed E-state index contributed by atoms with van der Waals surface area (Å²) in [5, 5.41) is 19.5. The third-order valence-corrected chi connectivity index (χ3v) is 4.22. The Labute approximate surface area is 130 Å². The molecule has 0 bridgehead atoms. The van der Waals surface area contributed by atoms with Crippen molar-refractivity contribution in [1.82, 2.24) is 14.9 Å². The van der Waals surface area contributed by atoms with E-state index in [1.54, 1.807) is 30.7 Å². The van der Waals surface area contributed by atoms with Gasteiger partial charge >= 0.3 is 0 Å². The van der Waals surface area contributed by atoms with Gasteiger partial charge in [-0.3, -0.25) is 9.97 Å². The Morgan fingerprint density at radius 1 is 1.14 bits per heavy atom. The Hall–Kier alpha value is -1.98. The second-order valence-electron chi connectivity index (χ2n) is 5.90. The maximum atomic E-state index is 10.2. The molecular weight excluding hydrogens is 278 g/mol. The van der Waals surface area contributed by atoms with Gasteiger partial charge in [-0.15, -0.1) is 0 Å². The zero-order valence-corrected chi connectivity index (χ0v) is 12.5. The molecule has 2 heterocycles. The second-order valence-corrected chi connectivity index (χ2v) is 5.90. The van der Waals surface area contributed by atoms with Crippen LogP contribution in [0.5, 0.6) is 5.75 Å². The average Bonchev–Trinajstić information content (AvgIpc) is 2.88. The van der Waals surface area contributed by atoms with Gasteiger partial charge in [0.15, 0.2) is 0 Å². The van der Waals surface area contributed by atoms with Gasteiger partial charge in [0.2, 0.25) is 0 Å². The molecule has 1 aliphatic rings. The molecule has 1 aliphatic heterocycles. The van der Waals surface area contributed by atoms with Crippen molar-refractivity contribution in [3.05, 3.63) is 54.1 Å². The fraction of sp³-hybridized carbons (Fsp3) is 0.412. The molecule has 1 saturated heterocycles. The molecule has 0 aliphatic carbocycles. The maximum absolute atomic E-state index is 10.2. The molecular formula is C17H21N3O2. The summed E-state index contributed by atoms with van der Waals surface area (Å²) in [7, 11) is 0. The Balaban J connectivity index is 1.51. The standard InChI is InChI=1S/C17H21N3O2/c21-16-3-1-13(2-4-16)5-8-20-11-14(17(22)12-20)9-15-10-18-6-7-19-15/h1-4,6-7,10,14,17,21-22H,5,8-9,11-12H2/t14-,17-/m1/s1. The molecule has 0 unspecified atom stereocenters. The third-order valence-electron chi connectivity index (χ3n) is 4.22. The van der Waals surface area contributed by atoms with Crippen LogP contribution in [0.15, 0.2) is 42.9 Å². The fourth-order valence-corrected chi connectivity index (χ4v) is 2.98. The molecule has 5 heteroatoms. The number of aromatic hydroxyl groups is 1. The number of β-amino-alcohol motifs (C(OH)–C–C–N with tert-alkyl or cyclic N) is 1. The van der Waals surface area contributed by atoms with E-state index in [0.29, 0.717) is 12.3 Å². The molecule has 0 saturated carbocycles. The van der Waals surface area contributed by atoms with E-state index < -0.39 is 0 Å². The molecule has 3 rings (SSSR count). The van der Waals surface area contributed by atoms with Crippen molar-refractivity contribution in [3.8, 4) is 5.75 Å². The van der Waals surface area contributed by atoms with Crippen LogP contribution in [-0.4, -0.2) is 50.8 Å². The first-order chi connectivity index (χ1) is 10.7. The molecule has 0 amide bonds. The summed E-state index contributed by atoms with van der Waals surface area (Å²) in [5.41, 5.74) is 2.14. The first-order valence-electron chi connectivity index (χ1n) is 7.64. The molecule has 116 valence electrons. The van der Waals surface area contributed by atoms with E-state index in [4.69, 9.17) is 0 Å². The Bertz CT molecular complexity index is 589. The van der Waals surface area contributed by atoms with E-state index in [1.165, 1.54) is 5.56 Å². The van der Waals surface area contributed by atoms with E-state index in [2.05, 4.69) is 14.9 Å². The van der Waals surface area contributed by atoms with Gasteiger partial charge < -0.3 is 15.1 Å². The van der Waals surface area contributed by atoms with Crippen LogP contribution in [0.4, 0.5) is 0 Å². The summed E-state index contributed by atoms with van der Waals surface area (Å²) in [6.45, 7) is 2.51. The molecule has 1 aromatic carbocycles. The molecule has 22 heavy (non-hydrogen) atoms. The first kappa shape index (κ1) is 14.9. The Kier molecular flexibility index (Phi) is 4.65. The summed E-state index contributed by atoms with van der Waals surface area (Å²) < 4.78 is 0. The number of rotatable bonds is 5. The number of aromatic nitrogens is 2. The van der Waals surface area contributed by atoms with Gasteiger partial charge in [-0.25, -0.2) is 0 Å². The number of likely N-dealkylation sites (tertiary alicyclic amines) is 1. The van der Waals surface area contributed by atoms with Crippen molar-refractivity contribution >= 4 is 0 Å². The van der Waals surface area contributed by atoms with Gasteiger partial charge in [0.1, 0.15) is 5.75 Å². The van der Waals surface area contributed by atoms with Crippen molar-refractivity contribution in [3.63, 3.8) is 0 Å². The number of phenolic OH excluding ortho intramolecular Hbond substituents is 1. The van der Waals surface area contributed by atoms with Crippen LogP contribution in [0.3, 0.4) is 0 Å². The highest BCUT2D eigenvalue weighted by atomic mass is 16.3. The predicted octanol–water partition coefficient (Wildman–Crippen LogP) is 1.26. The lowest BCUT2D eigenvalue weighted by Gasteiger charge is -2.15. The van der Waals surface area contributed by atoms with Crippen LogP contribution in [0.1, 0.15) is 11.3 Å².